The third kappa shape index (κ3) is 3.16. The van der Waals surface area contributed by atoms with Gasteiger partial charge in [-0.05, 0) is 24.7 Å². The fourth-order valence-corrected chi connectivity index (χ4v) is 3.78. The van der Waals surface area contributed by atoms with Crippen LogP contribution in [0, 0.1) is 0 Å². The number of aromatic nitrogens is 2. The molecule has 0 aliphatic carbocycles. The van der Waals surface area contributed by atoms with Crippen molar-refractivity contribution in [3.05, 3.63) is 66.1 Å². The van der Waals surface area contributed by atoms with E-state index in [0.717, 1.165) is 49.4 Å². The quantitative estimate of drug-likeness (QED) is 0.785. The predicted molar refractivity (Wildman–Crippen MR) is 103 cm³/mol. The molecule has 1 N–H and O–H groups in total. The molecule has 1 aliphatic heterocycles. The highest BCUT2D eigenvalue weighted by molar-refractivity contribution is 5.85. The van der Waals surface area contributed by atoms with Crippen LogP contribution in [0.1, 0.15) is 24.2 Å². The van der Waals surface area contributed by atoms with Crippen LogP contribution in [-0.4, -0.2) is 57.6 Å². The first-order chi connectivity index (χ1) is 12.8. The van der Waals surface area contributed by atoms with Gasteiger partial charge in [-0.2, -0.15) is 0 Å². The summed E-state index contributed by atoms with van der Waals surface area (Å²) in [6.07, 6.45) is 3.54. The lowest BCUT2D eigenvalue weighted by atomic mass is 9.97. The van der Waals surface area contributed by atoms with Crippen molar-refractivity contribution in [3.63, 3.8) is 0 Å². The second kappa shape index (κ2) is 7.40. The van der Waals surface area contributed by atoms with E-state index in [9.17, 15) is 5.11 Å². The molecule has 5 heteroatoms. The average Bonchev–Trinajstić information content (AvgIpc) is 2.71. The maximum Gasteiger partial charge on any atom is 0.146 e. The minimum absolute atomic E-state index is 0.0680. The lowest BCUT2D eigenvalue weighted by Crippen LogP contribution is -2.47. The molecule has 0 bridgehead atoms. The second-order valence-corrected chi connectivity index (χ2v) is 6.71. The Labute approximate surface area is 153 Å². The van der Waals surface area contributed by atoms with Crippen LogP contribution in [0.3, 0.4) is 0 Å². The van der Waals surface area contributed by atoms with Crippen molar-refractivity contribution in [3.8, 4) is 5.75 Å². The van der Waals surface area contributed by atoms with E-state index in [1.165, 1.54) is 0 Å². The molecule has 1 aliphatic rings. The standard InChI is InChI=1S/C21H24N4O/c1-2-24-12-14-25(15-13-24)20(18-7-3-4-10-22-18)17-9-8-16-6-5-11-23-19(16)21(17)26/h3-11,20,26H,2,12-15H2,1H3/t20-/m0/s1. The maximum absolute atomic E-state index is 11.0. The number of phenolic OH excluding ortho intramolecular Hbond substituents is 1. The summed E-state index contributed by atoms with van der Waals surface area (Å²) >= 11 is 0. The molecule has 2 aromatic heterocycles. The molecule has 3 heterocycles. The highest BCUT2D eigenvalue weighted by Gasteiger charge is 2.29. The van der Waals surface area contributed by atoms with Gasteiger partial charge in [-0.25, -0.2) is 0 Å². The second-order valence-electron chi connectivity index (χ2n) is 6.71. The molecule has 5 nitrogen and oxygen atoms in total. The van der Waals surface area contributed by atoms with Crippen LogP contribution in [0.25, 0.3) is 10.9 Å². The number of benzene rings is 1. The zero-order valence-corrected chi connectivity index (χ0v) is 15.0. The summed E-state index contributed by atoms with van der Waals surface area (Å²) in [5.74, 6) is 0.261. The molecule has 4 rings (SSSR count). The van der Waals surface area contributed by atoms with Crippen molar-refractivity contribution in [2.24, 2.45) is 0 Å². The van der Waals surface area contributed by atoms with Gasteiger partial charge in [0.05, 0.1) is 11.7 Å². The first-order valence-corrected chi connectivity index (χ1v) is 9.22. The first-order valence-electron chi connectivity index (χ1n) is 9.22. The fourth-order valence-electron chi connectivity index (χ4n) is 3.78. The average molecular weight is 348 g/mol. The van der Waals surface area contributed by atoms with Crippen molar-refractivity contribution in [2.75, 3.05) is 32.7 Å². The molecule has 1 saturated heterocycles. The van der Waals surface area contributed by atoms with E-state index in [2.05, 4.69) is 26.7 Å². The van der Waals surface area contributed by atoms with Gasteiger partial charge in [0.25, 0.3) is 0 Å². The monoisotopic (exact) mass is 348 g/mol. The Morgan fingerprint density at radius 1 is 0.962 bits per heavy atom. The molecule has 1 atom stereocenters. The van der Waals surface area contributed by atoms with E-state index in [-0.39, 0.29) is 11.8 Å². The molecule has 0 spiro atoms. The fraction of sp³-hybridized carbons (Fsp3) is 0.333. The van der Waals surface area contributed by atoms with Gasteiger partial charge in [-0.3, -0.25) is 14.9 Å². The van der Waals surface area contributed by atoms with Crippen molar-refractivity contribution in [1.82, 2.24) is 19.8 Å². The van der Waals surface area contributed by atoms with Gasteiger partial charge in [0.1, 0.15) is 11.3 Å². The highest BCUT2D eigenvalue weighted by atomic mass is 16.3. The van der Waals surface area contributed by atoms with Gasteiger partial charge in [0.2, 0.25) is 0 Å². The molecule has 1 fully saturated rings. The first kappa shape index (κ1) is 16.9. The zero-order valence-electron chi connectivity index (χ0n) is 15.0. The normalized spacial score (nSPS) is 17.4. The minimum Gasteiger partial charge on any atom is -0.505 e. The van der Waals surface area contributed by atoms with Crippen LogP contribution >= 0.6 is 0 Å². The smallest absolute Gasteiger partial charge is 0.146 e. The maximum atomic E-state index is 11.0. The van der Waals surface area contributed by atoms with Crippen molar-refractivity contribution < 1.29 is 5.11 Å². The van der Waals surface area contributed by atoms with Crippen LogP contribution in [-0.2, 0) is 0 Å². The van der Waals surface area contributed by atoms with Crippen molar-refractivity contribution >= 4 is 10.9 Å². The van der Waals surface area contributed by atoms with E-state index >= 15 is 0 Å². The van der Waals surface area contributed by atoms with Gasteiger partial charge in [-0.15, -0.1) is 0 Å². The number of aromatic hydroxyl groups is 1. The van der Waals surface area contributed by atoms with Crippen LogP contribution in [0.4, 0.5) is 0 Å². The van der Waals surface area contributed by atoms with Crippen molar-refractivity contribution in [2.45, 2.75) is 13.0 Å². The Morgan fingerprint density at radius 2 is 1.77 bits per heavy atom. The van der Waals surface area contributed by atoms with Gasteiger partial charge in [0.15, 0.2) is 0 Å². The molecule has 26 heavy (non-hydrogen) atoms. The number of rotatable bonds is 4. The molecule has 0 unspecified atom stereocenters. The molecule has 0 saturated carbocycles. The van der Waals surface area contributed by atoms with Gasteiger partial charge in [0, 0.05) is 49.5 Å². The summed E-state index contributed by atoms with van der Waals surface area (Å²) in [4.78, 5) is 13.9. The Morgan fingerprint density at radius 3 is 2.50 bits per heavy atom. The third-order valence-corrected chi connectivity index (χ3v) is 5.26. The third-order valence-electron chi connectivity index (χ3n) is 5.26. The zero-order chi connectivity index (χ0) is 17.9. The Kier molecular flexibility index (Phi) is 4.82. The summed E-state index contributed by atoms with van der Waals surface area (Å²) in [6, 6.07) is 13.8. The van der Waals surface area contributed by atoms with Gasteiger partial charge >= 0.3 is 0 Å². The molecule has 134 valence electrons. The number of phenols is 1. The number of hydrogen-bond acceptors (Lipinski definition) is 5. The largest absolute Gasteiger partial charge is 0.505 e. The van der Waals surface area contributed by atoms with Gasteiger partial charge in [-0.1, -0.05) is 31.2 Å². The highest BCUT2D eigenvalue weighted by Crippen LogP contribution is 2.37. The van der Waals surface area contributed by atoms with E-state index < -0.39 is 0 Å². The Bertz CT molecular complexity index is 876. The van der Waals surface area contributed by atoms with E-state index in [1.54, 1.807) is 6.20 Å². The number of pyridine rings is 2. The Balaban J connectivity index is 1.78. The topological polar surface area (TPSA) is 52.5 Å². The SMILES string of the molecule is CCN1CCN([C@H](c2ccccn2)c2ccc3cccnc3c2O)CC1. The predicted octanol–water partition coefficient (Wildman–Crippen LogP) is 3.06. The number of nitrogens with zero attached hydrogens (tertiary/aromatic N) is 4. The molecular formula is C21H24N4O. The number of likely N-dealkylation sites (N-methyl/N-ethyl adjacent to an activating group) is 1. The number of fused-ring (bicyclic) bond motifs is 1. The van der Waals surface area contributed by atoms with Crippen LogP contribution < -0.4 is 0 Å². The van der Waals surface area contributed by atoms with Crippen LogP contribution in [0.5, 0.6) is 5.75 Å². The minimum atomic E-state index is -0.0680. The van der Waals surface area contributed by atoms with E-state index in [0.29, 0.717) is 5.52 Å². The van der Waals surface area contributed by atoms with E-state index in [4.69, 9.17) is 0 Å². The van der Waals surface area contributed by atoms with E-state index in [1.807, 2.05) is 48.7 Å². The lowest BCUT2D eigenvalue weighted by molar-refractivity contribution is 0.111. The number of hydrogen-bond donors (Lipinski definition) is 1. The Hall–Kier alpha value is -2.50. The summed E-state index contributed by atoms with van der Waals surface area (Å²) in [7, 11) is 0. The molecule has 3 aromatic rings. The summed E-state index contributed by atoms with van der Waals surface area (Å²) in [5, 5.41) is 11.9. The molecule has 0 amide bonds. The summed E-state index contributed by atoms with van der Waals surface area (Å²) < 4.78 is 0. The van der Waals surface area contributed by atoms with Crippen LogP contribution in [0.2, 0.25) is 0 Å². The van der Waals surface area contributed by atoms with Crippen LogP contribution in [0.15, 0.2) is 54.9 Å². The summed E-state index contributed by atoms with van der Waals surface area (Å²) in [5.41, 5.74) is 2.49. The molecular weight excluding hydrogens is 324 g/mol. The molecule has 0 radical (unpaired) electrons. The van der Waals surface area contributed by atoms with Gasteiger partial charge < -0.3 is 10.0 Å². The lowest BCUT2D eigenvalue weighted by Gasteiger charge is -2.39. The molecule has 1 aromatic carbocycles. The summed E-state index contributed by atoms with van der Waals surface area (Å²) in [6.45, 7) is 7.25. The van der Waals surface area contributed by atoms with Crippen molar-refractivity contribution in [1.29, 1.82) is 0 Å². The number of piperazine rings is 1.